The van der Waals surface area contributed by atoms with Gasteiger partial charge in [0, 0.05) is 0 Å². The zero-order chi connectivity index (χ0) is 29.6. The van der Waals surface area contributed by atoms with Gasteiger partial charge in [0.15, 0.2) is 0 Å². The minimum Gasteiger partial charge on any atom is -0.272 e. The first kappa shape index (κ1) is 36.9. The third-order valence-corrected chi connectivity index (χ3v) is 8.18. The molecule has 6 rings (SSSR count). The molecule has 0 atom stereocenters. The molecular formula is C40H44Cl2Zr. The maximum Gasteiger partial charge on any atom is -0.0623 e. The van der Waals surface area contributed by atoms with Gasteiger partial charge in [-0.15, -0.1) is 47.9 Å². The van der Waals surface area contributed by atoms with Gasteiger partial charge in [-0.1, -0.05) is 95.6 Å². The van der Waals surface area contributed by atoms with Crippen molar-refractivity contribution in [2.45, 2.75) is 72.1 Å². The Morgan fingerprint density at radius 3 is 1.84 bits per heavy atom. The van der Waals surface area contributed by atoms with Crippen molar-refractivity contribution in [1.82, 2.24) is 0 Å². The molecule has 3 heteroatoms. The molecule has 0 bridgehead atoms. The Morgan fingerprint density at radius 1 is 0.721 bits per heavy atom. The Bertz CT molecular complexity index is 1490. The topological polar surface area (TPSA) is 0 Å². The van der Waals surface area contributed by atoms with E-state index < -0.39 is 0 Å². The molecule has 0 spiro atoms. The molecule has 0 heterocycles. The quantitative estimate of drug-likeness (QED) is 0.162. The number of rotatable bonds is 2. The second-order valence-corrected chi connectivity index (χ2v) is 14.7. The molecule has 4 aromatic carbocycles. The average Bonchev–Trinajstić information content (AvgIpc) is 3.61. The van der Waals surface area contributed by atoms with Gasteiger partial charge in [0.05, 0.1) is 0 Å². The van der Waals surface area contributed by atoms with E-state index in [0.717, 1.165) is 12.8 Å². The largest absolute Gasteiger partial charge is 0.272 e. The molecule has 0 nitrogen and oxygen atoms in total. The van der Waals surface area contributed by atoms with Crippen LogP contribution in [0.4, 0.5) is 0 Å². The Labute approximate surface area is 287 Å². The van der Waals surface area contributed by atoms with Crippen LogP contribution in [0.5, 0.6) is 0 Å². The third-order valence-electron chi connectivity index (χ3n) is 7.48. The van der Waals surface area contributed by atoms with Crippen LogP contribution in [0.25, 0.3) is 16.7 Å². The third kappa shape index (κ3) is 10.1. The van der Waals surface area contributed by atoms with Crippen LogP contribution in [-0.4, -0.2) is 3.21 Å². The Hall–Kier alpha value is -2.31. The van der Waals surface area contributed by atoms with Crippen LogP contribution in [0, 0.1) is 12.1 Å². The van der Waals surface area contributed by atoms with Crippen molar-refractivity contribution >= 4 is 33.6 Å². The van der Waals surface area contributed by atoms with Crippen LogP contribution in [0.3, 0.4) is 0 Å². The van der Waals surface area contributed by atoms with Crippen molar-refractivity contribution in [2.24, 2.45) is 0 Å². The summed E-state index contributed by atoms with van der Waals surface area (Å²) < 4.78 is 1.46. The van der Waals surface area contributed by atoms with E-state index in [9.17, 15) is 0 Å². The molecule has 0 aliphatic heterocycles. The van der Waals surface area contributed by atoms with Crippen molar-refractivity contribution in [3.8, 4) is 11.1 Å². The molecule has 4 aromatic rings. The minimum absolute atomic E-state index is 0. The summed E-state index contributed by atoms with van der Waals surface area (Å²) in [6.07, 6.45) is 9.38. The number of halogens is 2. The van der Waals surface area contributed by atoms with Crippen LogP contribution in [0.15, 0.2) is 103 Å². The standard InChI is InChI=1S/C21H25.C11H9.C8H8.2ClH.Zr/c1-20(2,3)16-7-9-18-14(12-16)11-15-13-17(21(4,5)6)8-10-19(15)18;1-2-6-10(7-3-1)11-8-4-5-9-11;1-2-8-6-4-3-5-7-8;;;/h7-10,12H,11H2,1-6H3;1-3,6-9H,4H2;3-7H,1H3;2*1H;/q2*-1;;;;+2. The van der Waals surface area contributed by atoms with Crippen LogP contribution in [0.1, 0.15) is 88.3 Å². The number of benzene rings is 4. The van der Waals surface area contributed by atoms with Crippen LogP contribution >= 0.6 is 24.8 Å². The molecule has 0 amide bonds. The van der Waals surface area contributed by atoms with E-state index in [2.05, 4.69) is 152 Å². The van der Waals surface area contributed by atoms with Gasteiger partial charge < -0.3 is 0 Å². The van der Waals surface area contributed by atoms with Gasteiger partial charge in [0.2, 0.25) is 0 Å². The van der Waals surface area contributed by atoms with Crippen LogP contribution < -0.4 is 0 Å². The Kier molecular flexibility index (Phi) is 13.8. The fourth-order valence-corrected chi connectivity index (χ4v) is 5.35. The smallest absolute Gasteiger partial charge is 0.0623 e. The van der Waals surface area contributed by atoms with Gasteiger partial charge in [0.25, 0.3) is 0 Å². The van der Waals surface area contributed by atoms with Crippen LogP contribution in [-0.2, 0) is 41.5 Å². The van der Waals surface area contributed by atoms with Crippen molar-refractivity contribution in [2.75, 3.05) is 0 Å². The summed E-state index contributed by atoms with van der Waals surface area (Å²) in [6.45, 7) is 15.8. The molecule has 0 unspecified atom stereocenters. The van der Waals surface area contributed by atoms with E-state index in [1.165, 1.54) is 77.5 Å². The maximum absolute atomic E-state index is 3.67. The molecule has 2 aliphatic carbocycles. The molecule has 0 saturated carbocycles. The van der Waals surface area contributed by atoms with E-state index in [1.54, 1.807) is 0 Å². The molecule has 43 heavy (non-hydrogen) atoms. The first-order valence-electron chi connectivity index (χ1n) is 14.6. The summed E-state index contributed by atoms with van der Waals surface area (Å²) in [7, 11) is 0. The molecule has 2 aliphatic rings. The van der Waals surface area contributed by atoms with Gasteiger partial charge in [-0.25, -0.2) is 6.08 Å². The predicted octanol–water partition coefficient (Wildman–Crippen LogP) is 11.1. The van der Waals surface area contributed by atoms with E-state index >= 15 is 0 Å². The molecule has 0 saturated heterocycles. The summed E-state index contributed by atoms with van der Waals surface area (Å²) in [5.41, 5.74) is 12.7. The van der Waals surface area contributed by atoms with E-state index in [0.29, 0.717) is 0 Å². The second kappa shape index (κ2) is 16.1. The van der Waals surface area contributed by atoms with Gasteiger partial charge in [-0.3, -0.25) is 6.08 Å². The Morgan fingerprint density at radius 2 is 1.33 bits per heavy atom. The van der Waals surface area contributed by atoms with Crippen molar-refractivity contribution < 1.29 is 24.2 Å². The molecular weight excluding hydrogens is 643 g/mol. The summed E-state index contributed by atoms with van der Waals surface area (Å²) in [4.78, 5) is 0. The number of hydrogen-bond acceptors (Lipinski definition) is 0. The predicted molar refractivity (Wildman–Crippen MR) is 188 cm³/mol. The number of allylic oxidation sites excluding steroid dienone is 4. The molecule has 222 valence electrons. The van der Waals surface area contributed by atoms with E-state index in [-0.39, 0.29) is 35.6 Å². The fraction of sp³-hybridized carbons (Fsp3) is 0.275. The Balaban J connectivity index is 0.000000247. The second-order valence-electron chi connectivity index (χ2n) is 12.9. The van der Waals surface area contributed by atoms with Gasteiger partial charge in [0.1, 0.15) is 0 Å². The van der Waals surface area contributed by atoms with E-state index in [1.807, 2.05) is 12.1 Å². The monoisotopic (exact) mass is 684 g/mol. The summed E-state index contributed by atoms with van der Waals surface area (Å²) >= 11 is 1.51. The van der Waals surface area contributed by atoms with Crippen molar-refractivity contribution in [3.05, 3.63) is 149 Å². The first-order chi connectivity index (χ1) is 19.4. The SMILES string of the molecule is CC(C)(C)c1[c-]c2c(cc1)-c1ccc(C(C)(C)C)cc1C2.C[C](=[Zr+2])c1ccccc1.Cl.Cl.[C-]1=CC(c2ccccc2)=CC1. The number of hydrogen-bond donors (Lipinski definition) is 0. The van der Waals surface area contributed by atoms with E-state index in [4.69, 9.17) is 0 Å². The summed E-state index contributed by atoms with van der Waals surface area (Å²) in [6, 6.07) is 36.0. The van der Waals surface area contributed by atoms with Crippen molar-refractivity contribution in [3.63, 3.8) is 0 Å². The maximum atomic E-state index is 3.67. The zero-order valence-corrected chi connectivity index (χ0v) is 30.6. The molecule has 0 radical (unpaired) electrons. The summed E-state index contributed by atoms with van der Waals surface area (Å²) in [5, 5.41) is 0. The van der Waals surface area contributed by atoms with Gasteiger partial charge in [-0.2, -0.15) is 35.4 Å². The number of fused-ring (bicyclic) bond motifs is 3. The minimum atomic E-state index is 0. The molecule has 0 N–H and O–H groups in total. The van der Waals surface area contributed by atoms with Gasteiger partial charge in [-0.05, 0) is 28.4 Å². The molecule has 0 fully saturated rings. The van der Waals surface area contributed by atoms with Gasteiger partial charge >= 0.3 is 70.3 Å². The first-order valence-corrected chi connectivity index (χ1v) is 15.8. The van der Waals surface area contributed by atoms with Crippen LogP contribution in [0.2, 0.25) is 0 Å². The fourth-order valence-electron chi connectivity index (χ4n) is 4.94. The normalized spacial score (nSPS) is 12.6. The molecule has 0 aromatic heterocycles. The average molecular weight is 687 g/mol. The van der Waals surface area contributed by atoms with Crippen molar-refractivity contribution in [1.29, 1.82) is 0 Å². The summed E-state index contributed by atoms with van der Waals surface area (Å²) in [5.74, 6) is 0. The zero-order valence-electron chi connectivity index (χ0n) is 26.5.